The Hall–Kier alpha value is -1.03. The summed E-state index contributed by atoms with van der Waals surface area (Å²) >= 11 is 0. The normalized spacial score (nSPS) is 38.3. The molecule has 2 bridgehead atoms. The molecule has 2 saturated carbocycles. The molecule has 0 aromatic rings. The minimum Gasteiger partial charge on any atom is -0.361 e. The molecule has 1 aliphatic heterocycles. The van der Waals surface area contributed by atoms with Crippen LogP contribution in [0.4, 0.5) is 0 Å². The summed E-state index contributed by atoms with van der Waals surface area (Å²) in [4.78, 5) is 14.6. The molecule has 3 fully saturated rings. The first kappa shape index (κ1) is 8.29. The zero-order valence-corrected chi connectivity index (χ0v) is 7.60. The Morgan fingerprint density at radius 3 is 2.71 bits per heavy atom. The van der Waals surface area contributed by atoms with Gasteiger partial charge in [0.15, 0.2) is 5.79 Å². The summed E-state index contributed by atoms with van der Waals surface area (Å²) in [5.41, 5.74) is 9.00. The highest BCUT2D eigenvalue weighted by atomic mass is 16.7. The van der Waals surface area contributed by atoms with Gasteiger partial charge in [0, 0.05) is 12.3 Å². The molecule has 0 N–H and O–H groups in total. The van der Waals surface area contributed by atoms with Crippen molar-refractivity contribution in [2.45, 2.75) is 18.6 Å². The van der Waals surface area contributed by atoms with Gasteiger partial charge in [0.05, 0.1) is 13.2 Å². The molecule has 5 nitrogen and oxygen atoms in total. The number of ketones is 1. The highest BCUT2D eigenvalue weighted by Crippen LogP contribution is 2.51. The Morgan fingerprint density at radius 1 is 1.43 bits per heavy atom. The van der Waals surface area contributed by atoms with Crippen molar-refractivity contribution in [2.24, 2.45) is 11.8 Å². The van der Waals surface area contributed by atoms with E-state index in [1.807, 2.05) is 0 Å². The Kier molecular flexibility index (Phi) is 1.49. The molecule has 3 aliphatic rings. The van der Waals surface area contributed by atoms with Crippen LogP contribution >= 0.6 is 0 Å². The summed E-state index contributed by atoms with van der Waals surface area (Å²) in [5.74, 6) is -0.918. The zero-order valence-electron chi connectivity index (χ0n) is 7.60. The molecule has 3 rings (SSSR count). The molecule has 74 valence electrons. The van der Waals surface area contributed by atoms with Crippen LogP contribution in [0, 0.1) is 11.8 Å². The minimum atomic E-state index is -0.653. The van der Waals surface area contributed by atoms with Crippen LogP contribution in [0.3, 0.4) is 0 Å². The molecule has 0 aromatic carbocycles. The van der Waals surface area contributed by atoms with Crippen LogP contribution < -0.4 is 0 Å². The number of carbonyl (C=O) groups is 1. The second-order valence-electron chi connectivity index (χ2n) is 4.05. The first-order valence-electron chi connectivity index (χ1n) is 4.81. The van der Waals surface area contributed by atoms with E-state index in [0.717, 1.165) is 0 Å². The molecule has 0 unspecified atom stereocenters. The molecule has 2 atom stereocenters. The maximum atomic E-state index is 11.5. The van der Waals surface area contributed by atoms with Gasteiger partial charge in [0.2, 0.25) is 5.78 Å². The van der Waals surface area contributed by atoms with Gasteiger partial charge < -0.3 is 15.0 Å². The van der Waals surface area contributed by atoms with Crippen LogP contribution in [0.1, 0.15) is 12.8 Å². The SMILES string of the molecule is [N-]=[N+]=C1C(=O)[C@@H]2C[C@H]1C1(C2)OCCO1. The number of hydrogen-bond donors (Lipinski definition) is 0. The van der Waals surface area contributed by atoms with E-state index in [2.05, 4.69) is 4.79 Å². The molecule has 14 heavy (non-hydrogen) atoms. The van der Waals surface area contributed by atoms with Gasteiger partial charge in [0.1, 0.15) is 5.92 Å². The van der Waals surface area contributed by atoms with E-state index >= 15 is 0 Å². The topological polar surface area (TPSA) is 71.9 Å². The Labute approximate surface area is 80.6 Å². The number of rotatable bonds is 0. The van der Waals surface area contributed by atoms with Crippen molar-refractivity contribution in [3.8, 4) is 0 Å². The minimum absolute atomic E-state index is 0.0396. The number of ether oxygens (including phenoxy) is 2. The Morgan fingerprint density at radius 2 is 2.14 bits per heavy atom. The lowest BCUT2D eigenvalue weighted by molar-refractivity contribution is -0.181. The first-order valence-corrected chi connectivity index (χ1v) is 4.81. The zero-order chi connectivity index (χ0) is 9.76. The van der Waals surface area contributed by atoms with E-state index in [1.165, 1.54) is 0 Å². The molecule has 0 amide bonds. The highest BCUT2D eigenvalue weighted by Gasteiger charge is 2.66. The number of nitrogens with zero attached hydrogens (tertiary/aromatic N) is 2. The van der Waals surface area contributed by atoms with Crippen LogP contribution in [0.2, 0.25) is 0 Å². The maximum absolute atomic E-state index is 11.5. The fourth-order valence-corrected chi connectivity index (χ4v) is 2.84. The predicted octanol–water partition coefficient (Wildman–Crippen LogP) is 0.00920. The van der Waals surface area contributed by atoms with E-state index in [1.54, 1.807) is 0 Å². The highest BCUT2D eigenvalue weighted by molar-refractivity contribution is 6.41. The lowest BCUT2D eigenvalue weighted by atomic mass is 9.91. The fraction of sp³-hybridized carbons (Fsp3) is 0.778. The Balaban J connectivity index is 2.02. The van der Waals surface area contributed by atoms with Crippen molar-refractivity contribution in [3.05, 3.63) is 5.53 Å². The predicted molar refractivity (Wildman–Crippen MR) is 44.5 cm³/mol. The van der Waals surface area contributed by atoms with Gasteiger partial charge >= 0.3 is 5.71 Å². The average Bonchev–Trinajstić information content (AvgIpc) is 2.83. The average molecular weight is 194 g/mol. The van der Waals surface area contributed by atoms with Gasteiger partial charge in [0.25, 0.3) is 0 Å². The molecule has 5 heteroatoms. The van der Waals surface area contributed by atoms with Crippen LogP contribution in [0.15, 0.2) is 0 Å². The number of Topliss-reactive ketones (excluding diaryl/α,β-unsaturated/α-hetero) is 1. The molecule has 1 heterocycles. The number of carbonyl (C=O) groups excluding carboxylic acids is 1. The van der Waals surface area contributed by atoms with E-state index in [0.29, 0.717) is 26.1 Å². The van der Waals surface area contributed by atoms with Gasteiger partial charge in [-0.05, 0) is 6.42 Å². The summed E-state index contributed by atoms with van der Waals surface area (Å²) in [7, 11) is 0. The summed E-state index contributed by atoms with van der Waals surface area (Å²) in [6.07, 6.45) is 1.33. The van der Waals surface area contributed by atoms with Gasteiger partial charge in [-0.3, -0.25) is 4.79 Å². The molecule has 1 saturated heterocycles. The molecular weight excluding hydrogens is 184 g/mol. The summed E-state index contributed by atoms with van der Waals surface area (Å²) in [6.45, 7) is 1.13. The van der Waals surface area contributed by atoms with Crippen molar-refractivity contribution in [3.63, 3.8) is 0 Å². The van der Waals surface area contributed by atoms with Crippen LogP contribution in [0.25, 0.3) is 5.53 Å². The van der Waals surface area contributed by atoms with E-state index in [4.69, 9.17) is 15.0 Å². The number of hydrogen-bond acceptors (Lipinski definition) is 3. The standard InChI is InChI=1S/C9H10N2O3/c10-11-7-6-3-5(8(7)12)4-9(6)13-1-2-14-9/h5-6H,1-4H2/t5-,6-/m1/s1. The van der Waals surface area contributed by atoms with Gasteiger partial charge in [-0.15, -0.1) is 0 Å². The molecule has 1 spiro atoms. The van der Waals surface area contributed by atoms with E-state index < -0.39 is 5.79 Å². The van der Waals surface area contributed by atoms with E-state index in [-0.39, 0.29) is 23.3 Å². The quantitative estimate of drug-likeness (QED) is 0.402. The summed E-state index contributed by atoms with van der Waals surface area (Å²) < 4.78 is 11.1. The lowest BCUT2D eigenvalue weighted by Gasteiger charge is -2.28. The third-order valence-electron chi connectivity index (χ3n) is 3.42. The largest absolute Gasteiger partial charge is 0.361 e. The first-order chi connectivity index (χ1) is 6.77. The fourth-order valence-electron chi connectivity index (χ4n) is 2.84. The van der Waals surface area contributed by atoms with Crippen LogP contribution in [-0.4, -0.2) is 35.3 Å². The van der Waals surface area contributed by atoms with Crippen molar-refractivity contribution < 1.29 is 19.1 Å². The molecule has 2 aliphatic carbocycles. The van der Waals surface area contributed by atoms with Crippen molar-refractivity contribution in [1.29, 1.82) is 0 Å². The van der Waals surface area contributed by atoms with Gasteiger partial charge in [-0.1, -0.05) is 0 Å². The molecule has 0 aromatic heterocycles. The number of fused-ring (bicyclic) bond motifs is 3. The van der Waals surface area contributed by atoms with E-state index in [9.17, 15) is 4.79 Å². The maximum Gasteiger partial charge on any atom is 0.343 e. The smallest absolute Gasteiger partial charge is 0.343 e. The van der Waals surface area contributed by atoms with Crippen LogP contribution in [0.5, 0.6) is 0 Å². The molecule has 0 radical (unpaired) electrons. The second kappa shape index (κ2) is 2.51. The monoisotopic (exact) mass is 194 g/mol. The lowest BCUT2D eigenvalue weighted by Crippen LogP contribution is -2.44. The molecular formula is C9H10N2O3. The van der Waals surface area contributed by atoms with Gasteiger partial charge in [-0.2, -0.15) is 4.79 Å². The van der Waals surface area contributed by atoms with Crippen molar-refractivity contribution in [1.82, 2.24) is 0 Å². The van der Waals surface area contributed by atoms with Crippen molar-refractivity contribution in [2.75, 3.05) is 13.2 Å². The second-order valence-corrected chi connectivity index (χ2v) is 4.05. The van der Waals surface area contributed by atoms with Gasteiger partial charge in [-0.25, -0.2) is 0 Å². The summed E-state index contributed by atoms with van der Waals surface area (Å²) in [6, 6.07) is 0. The third kappa shape index (κ3) is 0.798. The van der Waals surface area contributed by atoms with Crippen LogP contribution in [-0.2, 0) is 14.3 Å². The van der Waals surface area contributed by atoms with Crippen molar-refractivity contribution >= 4 is 11.5 Å². The summed E-state index contributed by atoms with van der Waals surface area (Å²) in [5, 5.41) is 0. The Bertz CT molecular complexity index is 353. The third-order valence-corrected chi connectivity index (χ3v) is 3.42.